The summed E-state index contributed by atoms with van der Waals surface area (Å²) < 4.78 is 49.9. The summed E-state index contributed by atoms with van der Waals surface area (Å²) in [5.41, 5.74) is 0. The van der Waals surface area contributed by atoms with Gasteiger partial charge in [0, 0.05) is 0 Å². The van der Waals surface area contributed by atoms with E-state index in [-0.39, 0.29) is 64.2 Å². The van der Waals surface area contributed by atoms with Gasteiger partial charge in [0.2, 0.25) is 0 Å². The van der Waals surface area contributed by atoms with Gasteiger partial charge in [-0.2, -0.15) is 0 Å². The van der Waals surface area contributed by atoms with Crippen molar-refractivity contribution in [2.75, 3.05) is 0 Å². The summed E-state index contributed by atoms with van der Waals surface area (Å²) >= 11 is 0. The molecule has 0 rings (SSSR count). The van der Waals surface area contributed by atoms with E-state index in [4.69, 9.17) is 0 Å². The van der Waals surface area contributed by atoms with Crippen LogP contribution < -0.4 is 51.4 Å². The number of halogens is 1. The predicted octanol–water partition coefficient (Wildman–Crippen LogP) is 8.94. The van der Waals surface area contributed by atoms with Gasteiger partial charge in [0.15, 0.2) is 5.00 Å². The Kier molecular flexibility index (Phi) is 33.8. The Morgan fingerprint density at radius 2 is 0.615 bits per heavy atom. The molecule has 0 aliphatic carbocycles. The van der Waals surface area contributed by atoms with E-state index in [9.17, 15) is 13.0 Å². The molecule has 0 bridgehead atoms. The molecule has 0 amide bonds. The first-order valence-corrected chi connectivity index (χ1v) is 18.4. The molecule has 39 heavy (non-hydrogen) atoms. The molecule has 3 nitrogen and oxygen atoms in total. The van der Waals surface area contributed by atoms with Crippen LogP contribution in [-0.4, -0.2) is 18.0 Å². The number of alkyl halides is 1. The quantitative estimate of drug-likeness (QED) is 0.0453. The van der Waals surface area contributed by atoms with Gasteiger partial charge in [0.25, 0.3) is 0 Å². The van der Waals surface area contributed by atoms with Crippen molar-refractivity contribution in [3.05, 3.63) is 0 Å². The van der Waals surface area contributed by atoms with Gasteiger partial charge in [-0.25, -0.2) is 12.8 Å². The van der Waals surface area contributed by atoms with Gasteiger partial charge in [0.05, 0.1) is 0 Å². The average molecular weight is 601 g/mol. The van der Waals surface area contributed by atoms with Crippen LogP contribution in [0.4, 0.5) is 4.39 Å². The van der Waals surface area contributed by atoms with Gasteiger partial charge in [-0.3, -0.25) is 0 Å². The van der Waals surface area contributed by atoms with Gasteiger partial charge in [0.1, 0.15) is 10.1 Å². The standard InChI is InChI=1S/C33H67FO3S.K/c1-3-5-7-9-11-13-14-15-16-17-18-19-20-21-22-24-26-28-30-32-33(34,38(35,36)37)31-29-27-25-23-12-10-8-6-4-2;/h3-32H2,1-2H3,(H,35,36,37);/q;+1/p-1. The first-order valence-electron chi connectivity index (χ1n) is 17.0. The van der Waals surface area contributed by atoms with E-state index in [2.05, 4.69) is 13.8 Å². The van der Waals surface area contributed by atoms with Crippen molar-refractivity contribution < 1.29 is 68.7 Å². The fourth-order valence-electron chi connectivity index (χ4n) is 5.54. The number of hydrogen-bond acceptors (Lipinski definition) is 3. The molecular formula is C33H66FKO3S. The van der Waals surface area contributed by atoms with Crippen molar-refractivity contribution in [1.29, 1.82) is 0 Å². The molecule has 0 aromatic rings. The summed E-state index contributed by atoms with van der Waals surface area (Å²) in [6, 6.07) is 0. The zero-order valence-corrected chi connectivity index (χ0v) is 30.7. The molecule has 0 aromatic heterocycles. The second-order valence-corrected chi connectivity index (χ2v) is 13.7. The Labute approximate surface area is 287 Å². The van der Waals surface area contributed by atoms with Crippen molar-refractivity contribution in [3.8, 4) is 0 Å². The van der Waals surface area contributed by atoms with Gasteiger partial charge < -0.3 is 4.55 Å². The van der Waals surface area contributed by atoms with Crippen molar-refractivity contribution in [2.45, 2.75) is 211 Å². The summed E-state index contributed by atoms with van der Waals surface area (Å²) in [5, 5.41) is -2.57. The molecule has 230 valence electrons. The maximum atomic E-state index is 15.0. The van der Waals surface area contributed by atoms with Crippen molar-refractivity contribution in [2.24, 2.45) is 0 Å². The minimum absolute atomic E-state index is 0. The Morgan fingerprint density at radius 3 is 0.795 bits per heavy atom. The van der Waals surface area contributed by atoms with Crippen LogP contribution in [-0.2, 0) is 10.1 Å². The second-order valence-electron chi connectivity index (χ2n) is 12.0. The molecule has 0 aliphatic heterocycles. The smallest absolute Gasteiger partial charge is 0.745 e. The van der Waals surface area contributed by atoms with Crippen LogP contribution in [0, 0.1) is 0 Å². The number of hydrogen-bond donors (Lipinski definition) is 0. The summed E-state index contributed by atoms with van der Waals surface area (Å²) in [6.07, 6.45) is 33.3. The third kappa shape index (κ3) is 28.0. The van der Waals surface area contributed by atoms with Crippen molar-refractivity contribution >= 4 is 10.1 Å². The van der Waals surface area contributed by atoms with E-state index in [0.29, 0.717) is 12.8 Å². The molecule has 0 N–H and O–H groups in total. The Morgan fingerprint density at radius 1 is 0.436 bits per heavy atom. The Hall–Kier alpha value is 1.48. The van der Waals surface area contributed by atoms with Crippen molar-refractivity contribution in [3.63, 3.8) is 0 Å². The first-order chi connectivity index (χ1) is 18.4. The van der Waals surface area contributed by atoms with Crippen LogP contribution in [0.15, 0.2) is 0 Å². The fourth-order valence-corrected chi connectivity index (χ4v) is 6.33. The molecule has 0 spiro atoms. The van der Waals surface area contributed by atoms with Gasteiger partial charge in [-0.1, -0.05) is 181 Å². The van der Waals surface area contributed by atoms with Crippen LogP contribution in [0.2, 0.25) is 0 Å². The van der Waals surface area contributed by atoms with Crippen LogP contribution >= 0.6 is 0 Å². The molecule has 0 radical (unpaired) electrons. The monoisotopic (exact) mass is 600 g/mol. The van der Waals surface area contributed by atoms with E-state index in [0.717, 1.165) is 38.5 Å². The van der Waals surface area contributed by atoms with E-state index in [1.807, 2.05) is 0 Å². The Balaban J connectivity index is 0. The van der Waals surface area contributed by atoms with Crippen LogP contribution in [0.5, 0.6) is 0 Å². The molecule has 0 saturated heterocycles. The molecule has 0 aromatic carbocycles. The second kappa shape index (κ2) is 30.9. The molecule has 6 heteroatoms. The molecule has 0 saturated carbocycles. The van der Waals surface area contributed by atoms with E-state index in [1.165, 1.54) is 128 Å². The third-order valence-corrected chi connectivity index (χ3v) is 9.56. The van der Waals surface area contributed by atoms with E-state index >= 15 is 4.39 Å². The van der Waals surface area contributed by atoms with Gasteiger partial charge >= 0.3 is 51.4 Å². The van der Waals surface area contributed by atoms with Crippen LogP contribution in [0.1, 0.15) is 206 Å². The van der Waals surface area contributed by atoms with Crippen LogP contribution in [0.25, 0.3) is 0 Å². The van der Waals surface area contributed by atoms with Gasteiger partial charge in [-0.05, 0) is 25.7 Å². The molecular weight excluding hydrogens is 535 g/mol. The maximum absolute atomic E-state index is 15.0. The summed E-state index contributed by atoms with van der Waals surface area (Å²) in [5.74, 6) is 0. The predicted molar refractivity (Wildman–Crippen MR) is 163 cm³/mol. The topological polar surface area (TPSA) is 57.2 Å². The molecule has 0 heterocycles. The fraction of sp³-hybridized carbons (Fsp3) is 1.00. The first kappa shape index (κ1) is 42.6. The third-order valence-electron chi connectivity index (χ3n) is 8.26. The summed E-state index contributed by atoms with van der Waals surface area (Å²) in [6.45, 7) is 4.48. The van der Waals surface area contributed by atoms with E-state index < -0.39 is 15.1 Å². The zero-order valence-electron chi connectivity index (χ0n) is 26.7. The van der Waals surface area contributed by atoms with E-state index in [1.54, 1.807) is 0 Å². The number of rotatable bonds is 31. The van der Waals surface area contributed by atoms with Gasteiger partial charge in [-0.15, -0.1) is 0 Å². The normalized spacial score (nSPS) is 13.3. The molecule has 0 fully saturated rings. The summed E-state index contributed by atoms with van der Waals surface area (Å²) in [7, 11) is -4.91. The zero-order chi connectivity index (χ0) is 28.2. The van der Waals surface area contributed by atoms with Crippen molar-refractivity contribution in [1.82, 2.24) is 0 Å². The SMILES string of the molecule is CCCCCCCCCCCCCCCCCCCCCC(F)(CCCCCCCCCCC)S(=O)(=O)[O-].[K+]. The Bertz CT molecular complexity index is 587. The summed E-state index contributed by atoms with van der Waals surface area (Å²) in [4.78, 5) is 0. The minimum atomic E-state index is -4.91. The largest absolute Gasteiger partial charge is 1.00 e. The van der Waals surface area contributed by atoms with Crippen LogP contribution in [0.3, 0.4) is 0 Å². The molecule has 1 atom stereocenters. The average Bonchev–Trinajstić information content (AvgIpc) is 2.88. The molecule has 1 unspecified atom stereocenters. The molecule has 0 aliphatic rings. The maximum Gasteiger partial charge on any atom is 1.00 e. The minimum Gasteiger partial charge on any atom is -0.745 e. The number of unbranched alkanes of at least 4 members (excludes halogenated alkanes) is 26.